The zero-order valence-electron chi connectivity index (χ0n) is 7.79. The van der Waals surface area contributed by atoms with Crippen LogP contribution in [0.1, 0.15) is 35.2 Å². The predicted octanol–water partition coefficient (Wildman–Crippen LogP) is 2.01. The molecule has 2 N–H and O–H groups in total. The second kappa shape index (κ2) is 3.33. The van der Waals surface area contributed by atoms with Crippen LogP contribution in [-0.2, 0) is 6.42 Å². The van der Waals surface area contributed by atoms with Gasteiger partial charge in [-0.2, -0.15) is 0 Å². The molecule has 0 bridgehead atoms. The highest BCUT2D eigenvalue weighted by molar-refractivity contribution is 5.98. The maximum absolute atomic E-state index is 11.6. The molecule has 0 amide bonds. The van der Waals surface area contributed by atoms with Crippen molar-refractivity contribution in [2.24, 2.45) is 0 Å². The molecule has 0 fully saturated rings. The van der Waals surface area contributed by atoms with E-state index in [9.17, 15) is 15.0 Å². The summed E-state index contributed by atoms with van der Waals surface area (Å²) >= 11 is 0. The molecule has 0 saturated carbocycles. The third-order valence-corrected chi connectivity index (χ3v) is 2.64. The van der Waals surface area contributed by atoms with Crippen molar-refractivity contribution in [3.8, 4) is 11.5 Å². The first-order valence-electron chi connectivity index (χ1n) is 4.77. The molecule has 1 aromatic carbocycles. The molecule has 1 aliphatic rings. The van der Waals surface area contributed by atoms with Gasteiger partial charge in [-0.15, -0.1) is 0 Å². The van der Waals surface area contributed by atoms with Crippen molar-refractivity contribution >= 4 is 5.78 Å². The zero-order valence-corrected chi connectivity index (χ0v) is 7.79. The van der Waals surface area contributed by atoms with Crippen LogP contribution in [0.4, 0.5) is 0 Å². The van der Waals surface area contributed by atoms with E-state index in [0.717, 1.165) is 12.8 Å². The molecular weight excluding hydrogens is 180 g/mol. The summed E-state index contributed by atoms with van der Waals surface area (Å²) in [5.41, 5.74) is 1.17. The van der Waals surface area contributed by atoms with Gasteiger partial charge in [0.15, 0.2) is 17.3 Å². The highest BCUT2D eigenvalue weighted by atomic mass is 16.3. The number of Topliss-reactive ketones (excluding diaryl/α,β-unsaturated/α-hetero) is 1. The second-order valence-corrected chi connectivity index (χ2v) is 3.59. The van der Waals surface area contributed by atoms with Crippen molar-refractivity contribution in [1.82, 2.24) is 0 Å². The lowest BCUT2D eigenvalue weighted by molar-refractivity contribution is 0.0981. The first-order valence-corrected chi connectivity index (χ1v) is 4.77. The fraction of sp³-hybridized carbons (Fsp3) is 0.364. The van der Waals surface area contributed by atoms with Crippen LogP contribution in [0.2, 0.25) is 0 Å². The molecule has 3 nitrogen and oxygen atoms in total. The molecule has 2 rings (SSSR count). The number of carbonyl (C=O) groups is 1. The van der Waals surface area contributed by atoms with Crippen molar-refractivity contribution < 1.29 is 15.0 Å². The number of fused-ring (bicyclic) bond motifs is 1. The smallest absolute Gasteiger partial charge is 0.163 e. The third-order valence-electron chi connectivity index (χ3n) is 2.64. The minimum Gasteiger partial charge on any atom is -0.504 e. The van der Waals surface area contributed by atoms with Gasteiger partial charge >= 0.3 is 0 Å². The van der Waals surface area contributed by atoms with Gasteiger partial charge in [0.2, 0.25) is 0 Å². The lowest BCUT2D eigenvalue weighted by atomic mass is 10.0. The molecule has 0 radical (unpaired) electrons. The minimum atomic E-state index is -0.140. The van der Waals surface area contributed by atoms with Gasteiger partial charge in [-0.3, -0.25) is 4.79 Å². The maximum atomic E-state index is 11.6. The average molecular weight is 192 g/mol. The third kappa shape index (κ3) is 1.35. The van der Waals surface area contributed by atoms with Gasteiger partial charge in [0.1, 0.15) is 0 Å². The summed E-state index contributed by atoms with van der Waals surface area (Å²) in [6.07, 6.45) is 2.95. The van der Waals surface area contributed by atoms with Crippen LogP contribution in [0, 0.1) is 0 Å². The number of benzene rings is 1. The van der Waals surface area contributed by atoms with Crippen molar-refractivity contribution in [3.63, 3.8) is 0 Å². The number of phenols is 2. The lowest BCUT2D eigenvalue weighted by Gasteiger charge is -2.07. The quantitative estimate of drug-likeness (QED) is 0.488. The Bertz CT molecular complexity index is 382. The van der Waals surface area contributed by atoms with Crippen molar-refractivity contribution in [1.29, 1.82) is 0 Å². The van der Waals surface area contributed by atoms with E-state index in [1.807, 2.05) is 0 Å². The SMILES string of the molecule is O=C1CCCCc2c1ccc(O)c2O. The summed E-state index contributed by atoms with van der Waals surface area (Å²) in [6.45, 7) is 0. The minimum absolute atomic E-state index is 0.0628. The molecule has 1 aromatic rings. The van der Waals surface area contributed by atoms with E-state index in [1.54, 1.807) is 6.07 Å². The maximum Gasteiger partial charge on any atom is 0.163 e. The Kier molecular flexibility index (Phi) is 2.15. The molecule has 0 saturated heterocycles. The van der Waals surface area contributed by atoms with Crippen LogP contribution < -0.4 is 0 Å². The highest BCUT2D eigenvalue weighted by Gasteiger charge is 2.19. The van der Waals surface area contributed by atoms with Crippen molar-refractivity contribution in [2.45, 2.75) is 25.7 Å². The Balaban J connectivity index is 2.58. The number of hydrogen-bond donors (Lipinski definition) is 2. The largest absolute Gasteiger partial charge is 0.504 e. The van der Waals surface area contributed by atoms with E-state index >= 15 is 0 Å². The van der Waals surface area contributed by atoms with Gasteiger partial charge in [0.05, 0.1) is 0 Å². The zero-order chi connectivity index (χ0) is 10.1. The number of aromatic hydroxyl groups is 2. The molecule has 3 heteroatoms. The van der Waals surface area contributed by atoms with Crippen LogP contribution in [0.5, 0.6) is 11.5 Å². The second-order valence-electron chi connectivity index (χ2n) is 3.59. The van der Waals surface area contributed by atoms with E-state index < -0.39 is 0 Å². The van der Waals surface area contributed by atoms with Crippen LogP contribution >= 0.6 is 0 Å². The van der Waals surface area contributed by atoms with Gasteiger partial charge in [-0.05, 0) is 31.4 Å². The molecule has 0 aliphatic heterocycles. The molecule has 0 spiro atoms. The molecule has 0 aromatic heterocycles. The highest BCUT2D eigenvalue weighted by Crippen LogP contribution is 2.34. The summed E-state index contributed by atoms with van der Waals surface area (Å²) in [7, 11) is 0. The Hall–Kier alpha value is -1.51. The number of phenolic OH excluding ortho intramolecular Hbond substituents is 2. The number of ketones is 1. The summed E-state index contributed by atoms with van der Waals surface area (Å²) < 4.78 is 0. The first-order chi connectivity index (χ1) is 6.70. The van der Waals surface area contributed by atoms with E-state index in [0.29, 0.717) is 24.0 Å². The number of hydrogen-bond acceptors (Lipinski definition) is 3. The molecular formula is C11H12O3. The van der Waals surface area contributed by atoms with E-state index in [1.165, 1.54) is 6.07 Å². The van der Waals surface area contributed by atoms with Gasteiger partial charge in [0.25, 0.3) is 0 Å². The van der Waals surface area contributed by atoms with Gasteiger partial charge in [-0.1, -0.05) is 0 Å². The van der Waals surface area contributed by atoms with Crippen LogP contribution in [0.15, 0.2) is 12.1 Å². The average Bonchev–Trinajstić information content (AvgIpc) is 2.35. The Morgan fingerprint density at radius 3 is 2.57 bits per heavy atom. The Labute approximate surface area is 82.0 Å². The van der Waals surface area contributed by atoms with Gasteiger partial charge in [-0.25, -0.2) is 0 Å². The summed E-state index contributed by atoms with van der Waals surface area (Å²) in [5.74, 6) is -0.205. The molecule has 0 atom stereocenters. The topological polar surface area (TPSA) is 57.5 Å². The molecule has 1 aliphatic carbocycles. The normalized spacial score (nSPS) is 16.1. The fourth-order valence-corrected chi connectivity index (χ4v) is 1.86. The molecule has 74 valence electrons. The van der Waals surface area contributed by atoms with E-state index in [-0.39, 0.29) is 17.3 Å². The number of carbonyl (C=O) groups excluding carboxylic acids is 1. The first kappa shape index (κ1) is 9.06. The van der Waals surface area contributed by atoms with Crippen molar-refractivity contribution in [2.75, 3.05) is 0 Å². The monoisotopic (exact) mass is 192 g/mol. The van der Waals surface area contributed by atoms with Crippen LogP contribution in [0.3, 0.4) is 0 Å². The van der Waals surface area contributed by atoms with Crippen LogP contribution in [0.25, 0.3) is 0 Å². The summed E-state index contributed by atoms with van der Waals surface area (Å²) in [4.78, 5) is 11.6. The van der Waals surface area contributed by atoms with Gasteiger partial charge < -0.3 is 10.2 Å². The summed E-state index contributed by atoms with van der Waals surface area (Å²) in [6, 6.07) is 2.97. The fourth-order valence-electron chi connectivity index (χ4n) is 1.86. The summed E-state index contributed by atoms with van der Waals surface area (Å²) in [5, 5.41) is 18.9. The lowest BCUT2D eigenvalue weighted by Crippen LogP contribution is -1.99. The number of rotatable bonds is 0. The van der Waals surface area contributed by atoms with Crippen LogP contribution in [-0.4, -0.2) is 16.0 Å². The van der Waals surface area contributed by atoms with Gasteiger partial charge in [0, 0.05) is 17.5 Å². The molecule has 14 heavy (non-hydrogen) atoms. The van der Waals surface area contributed by atoms with Crippen molar-refractivity contribution in [3.05, 3.63) is 23.3 Å². The molecule has 0 unspecified atom stereocenters. The molecule has 0 heterocycles. The van der Waals surface area contributed by atoms with E-state index in [2.05, 4.69) is 0 Å². The Morgan fingerprint density at radius 1 is 1.07 bits per heavy atom. The van der Waals surface area contributed by atoms with E-state index in [4.69, 9.17) is 0 Å². The predicted molar refractivity (Wildman–Crippen MR) is 51.7 cm³/mol. The standard InChI is InChI=1S/C11H12O3/c12-9-4-2-1-3-8-7(9)5-6-10(13)11(8)14/h5-6,13-14H,1-4H2. The Morgan fingerprint density at radius 2 is 1.79 bits per heavy atom.